The number of fused-ring (bicyclic) bond motifs is 1. The molecule has 1 amide bonds. The summed E-state index contributed by atoms with van der Waals surface area (Å²) in [6, 6.07) is 13.1. The van der Waals surface area contributed by atoms with E-state index < -0.39 is 17.8 Å². The smallest absolute Gasteiger partial charge is 0.433 e. The quantitative estimate of drug-likeness (QED) is 0.385. The van der Waals surface area contributed by atoms with E-state index in [1.807, 2.05) is 0 Å². The lowest BCUT2D eigenvalue weighted by Gasteiger charge is -2.32. The lowest BCUT2D eigenvalue weighted by atomic mass is 9.90. The average Bonchev–Trinajstić information content (AvgIpc) is 3.29. The van der Waals surface area contributed by atoms with Gasteiger partial charge in [-0.2, -0.15) is 18.3 Å². The van der Waals surface area contributed by atoms with Gasteiger partial charge in [0, 0.05) is 18.7 Å². The summed E-state index contributed by atoms with van der Waals surface area (Å²) in [4.78, 5) is 19.2. The molecule has 0 bridgehead atoms. The fourth-order valence-electron chi connectivity index (χ4n) is 4.58. The molecule has 36 heavy (non-hydrogen) atoms. The Hall–Kier alpha value is -3.95. The zero-order chi connectivity index (χ0) is 25.4. The van der Waals surface area contributed by atoms with Crippen molar-refractivity contribution in [1.29, 1.82) is 0 Å². The molecule has 2 aromatic heterocycles. The van der Waals surface area contributed by atoms with Crippen molar-refractivity contribution >= 4 is 11.6 Å². The first-order valence-corrected chi connectivity index (χ1v) is 11.5. The van der Waals surface area contributed by atoms with Gasteiger partial charge >= 0.3 is 6.18 Å². The number of hydrogen-bond donors (Lipinski definition) is 1. The van der Waals surface area contributed by atoms with Crippen molar-refractivity contribution in [3.8, 4) is 17.0 Å². The lowest BCUT2D eigenvalue weighted by molar-refractivity contribution is -0.142. The average molecular weight is 498 g/mol. The van der Waals surface area contributed by atoms with Gasteiger partial charge < -0.3 is 10.0 Å². The number of alkyl halides is 3. The monoisotopic (exact) mass is 498 g/mol. The topological polar surface area (TPSA) is 70.7 Å². The summed E-state index contributed by atoms with van der Waals surface area (Å²) in [6.45, 7) is 0.804. The van der Waals surface area contributed by atoms with Crippen molar-refractivity contribution < 1.29 is 27.5 Å². The van der Waals surface area contributed by atoms with Crippen molar-refractivity contribution in [2.24, 2.45) is 5.92 Å². The van der Waals surface area contributed by atoms with Gasteiger partial charge in [-0.25, -0.2) is 13.9 Å². The summed E-state index contributed by atoms with van der Waals surface area (Å²) in [5.74, 6) is -0.531. The second-order valence-electron chi connectivity index (χ2n) is 8.90. The van der Waals surface area contributed by atoms with Crippen LogP contribution in [0.3, 0.4) is 0 Å². The van der Waals surface area contributed by atoms with Crippen molar-refractivity contribution in [2.45, 2.75) is 25.4 Å². The Morgan fingerprint density at radius 1 is 1.06 bits per heavy atom. The Morgan fingerprint density at radius 3 is 2.42 bits per heavy atom. The molecule has 4 aromatic rings. The largest absolute Gasteiger partial charge is 0.508 e. The zero-order valence-electron chi connectivity index (χ0n) is 19.0. The van der Waals surface area contributed by atoms with Gasteiger partial charge in [-0.05, 0) is 67.1 Å². The number of nitrogens with zero attached hydrogens (tertiary/aromatic N) is 4. The molecule has 10 heteroatoms. The number of halogens is 4. The highest BCUT2D eigenvalue weighted by atomic mass is 19.4. The maximum Gasteiger partial charge on any atom is 0.433 e. The standard InChI is InChI=1S/C26H22F4N4O2/c27-21-4-2-1-3-18(21)13-16-9-11-33(12-10-16)25(36)20-15-31-34-23(26(28,29)30)14-22(32-24(20)34)17-5-7-19(35)8-6-17/h1-8,14-16,35H,9-13H2. The molecular formula is C26H22F4N4O2. The fraction of sp³-hybridized carbons (Fsp3) is 0.269. The van der Waals surface area contributed by atoms with Gasteiger partial charge in [0.25, 0.3) is 5.91 Å². The molecule has 1 N–H and O–H groups in total. The van der Waals surface area contributed by atoms with E-state index in [2.05, 4.69) is 10.1 Å². The third kappa shape index (κ3) is 4.62. The highest BCUT2D eigenvalue weighted by Crippen LogP contribution is 2.33. The maximum atomic E-state index is 14.0. The fourth-order valence-corrected chi connectivity index (χ4v) is 4.58. The van der Waals surface area contributed by atoms with Gasteiger partial charge in [0.1, 0.15) is 17.1 Å². The second kappa shape index (κ2) is 9.25. The Kier molecular flexibility index (Phi) is 6.11. The van der Waals surface area contributed by atoms with Crippen LogP contribution in [0.15, 0.2) is 60.8 Å². The number of likely N-dealkylation sites (tertiary alicyclic amines) is 1. The molecule has 0 atom stereocenters. The molecule has 0 unspecified atom stereocenters. The van der Waals surface area contributed by atoms with Crippen LogP contribution in [0.1, 0.15) is 34.5 Å². The van der Waals surface area contributed by atoms with E-state index in [0.29, 0.717) is 48.0 Å². The van der Waals surface area contributed by atoms with Crippen molar-refractivity contribution in [2.75, 3.05) is 13.1 Å². The Labute approximate surface area is 203 Å². The minimum absolute atomic E-state index is 0.00738. The summed E-state index contributed by atoms with van der Waals surface area (Å²) < 4.78 is 56.2. The Balaban J connectivity index is 1.41. The minimum Gasteiger partial charge on any atom is -0.508 e. The van der Waals surface area contributed by atoms with Crippen LogP contribution in [0.2, 0.25) is 0 Å². The molecule has 2 aromatic carbocycles. The predicted molar refractivity (Wildman–Crippen MR) is 124 cm³/mol. The predicted octanol–water partition coefficient (Wildman–Crippen LogP) is 5.35. The van der Waals surface area contributed by atoms with Crippen LogP contribution in [0, 0.1) is 11.7 Å². The van der Waals surface area contributed by atoms with Crippen LogP contribution in [0.5, 0.6) is 5.75 Å². The van der Waals surface area contributed by atoms with Gasteiger partial charge in [-0.3, -0.25) is 4.79 Å². The van der Waals surface area contributed by atoms with E-state index in [1.54, 1.807) is 23.1 Å². The van der Waals surface area contributed by atoms with Crippen molar-refractivity contribution in [3.05, 3.63) is 83.4 Å². The van der Waals surface area contributed by atoms with Gasteiger partial charge in [0.15, 0.2) is 11.3 Å². The van der Waals surface area contributed by atoms with Gasteiger partial charge in [-0.1, -0.05) is 18.2 Å². The Morgan fingerprint density at radius 2 is 1.75 bits per heavy atom. The van der Waals surface area contributed by atoms with Gasteiger partial charge in [0.05, 0.1) is 11.9 Å². The third-order valence-corrected chi connectivity index (χ3v) is 6.52. The Bertz CT molecular complexity index is 1410. The number of phenols is 1. The lowest BCUT2D eigenvalue weighted by Crippen LogP contribution is -2.39. The first kappa shape index (κ1) is 23.8. The highest BCUT2D eigenvalue weighted by molar-refractivity contribution is 6.00. The molecular weight excluding hydrogens is 476 g/mol. The SMILES string of the molecule is O=C(c1cnn2c(C(F)(F)F)cc(-c3ccc(O)cc3)nc12)N1CCC(Cc2ccccc2F)CC1. The first-order valence-electron chi connectivity index (χ1n) is 11.5. The summed E-state index contributed by atoms with van der Waals surface area (Å²) in [6.07, 6.45) is -1.74. The van der Waals surface area contributed by atoms with E-state index in [0.717, 1.165) is 12.3 Å². The maximum absolute atomic E-state index is 14.0. The van der Waals surface area contributed by atoms with Crippen molar-refractivity contribution in [3.63, 3.8) is 0 Å². The number of benzene rings is 2. The van der Waals surface area contributed by atoms with E-state index in [-0.39, 0.29) is 34.4 Å². The van der Waals surface area contributed by atoms with Crippen LogP contribution in [-0.4, -0.2) is 43.6 Å². The summed E-state index contributed by atoms with van der Waals surface area (Å²) in [5.41, 5.74) is -0.267. The number of aromatic hydroxyl groups is 1. The van der Waals surface area contributed by atoms with Crippen LogP contribution < -0.4 is 0 Å². The molecule has 1 saturated heterocycles. The van der Waals surface area contributed by atoms with Crippen LogP contribution in [0.25, 0.3) is 16.9 Å². The van der Waals surface area contributed by atoms with Crippen LogP contribution in [0.4, 0.5) is 17.6 Å². The second-order valence-corrected chi connectivity index (χ2v) is 8.90. The molecule has 3 heterocycles. The van der Waals surface area contributed by atoms with Crippen molar-refractivity contribution in [1.82, 2.24) is 19.5 Å². The number of piperidine rings is 1. The molecule has 1 aliphatic heterocycles. The number of rotatable bonds is 4. The molecule has 0 spiro atoms. The molecule has 1 aliphatic rings. The first-order chi connectivity index (χ1) is 17.2. The highest BCUT2D eigenvalue weighted by Gasteiger charge is 2.36. The molecule has 0 radical (unpaired) electrons. The number of aromatic nitrogens is 3. The number of hydrogen-bond acceptors (Lipinski definition) is 4. The van der Waals surface area contributed by atoms with Crippen LogP contribution in [-0.2, 0) is 12.6 Å². The molecule has 0 saturated carbocycles. The van der Waals surface area contributed by atoms with E-state index >= 15 is 0 Å². The summed E-state index contributed by atoms with van der Waals surface area (Å²) in [5, 5.41) is 13.4. The molecule has 5 rings (SSSR count). The minimum atomic E-state index is -4.73. The van der Waals surface area contributed by atoms with Crippen LogP contribution >= 0.6 is 0 Å². The van der Waals surface area contributed by atoms with Gasteiger partial charge in [0.2, 0.25) is 0 Å². The molecule has 0 aliphatic carbocycles. The van der Waals surface area contributed by atoms with Gasteiger partial charge in [-0.15, -0.1) is 0 Å². The normalized spacial score (nSPS) is 14.9. The number of phenolic OH excluding ortho intramolecular Hbond substituents is 1. The molecule has 1 fully saturated rings. The zero-order valence-corrected chi connectivity index (χ0v) is 19.0. The molecule has 6 nitrogen and oxygen atoms in total. The summed E-state index contributed by atoms with van der Waals surface area (Å²) >= 11 is 0. The summed E-state index contributed by atoms with van der Waals surface area (Å²) in [7, 11) is 0. The van der Waals surface area contributed by atoms with E-state index in [4.69, 9.17) is 0 Å². The van der Waals surface area contributed by atoms with E-state index in [1.165, 1.54) is 30.3 Å². The molecule has 186 valence electrons. The third-order valence-electron chi connectivity index (χ3n) is 6.52. The number of carbonyl (C=O) groups is 1. The van der Waals surface area contributed by atoms with E-state index in [9.17, 15) is 27.5 Å². The number of amides is 1. The number of carbonyl (C=O) groups excluding carboxylic acids is 1.